The normalized spacial score (nSPS) is 25.0. The van der Waals surface area contributed by atoms with Crippen LogP contribution < -0.4 is 4.90 Å². The number of rotatable bonds is 7. The molecule has 1 aliphatic heterocycles. The SMILES string of the molecule is O=C(COC(=O)c1cccc(N2C(=O)[C@@H]3[C@@H]4C[C@H]([C@H]3C2=O)[C@@H](c2ccccc2)C4)c1)c1cccc([N+](=O)[O-])c1. The maximum Gasteiger partial charge on any atom is 0.338 e. The molecular formula is C30H24N2O7. The quantitative estimate of drug-likeness (QED) is 0.146. The molecule has 1 heterocycles. The zero-order valence-electron chi connectivity index (χ0n) is 20.8. The molecule has 2 bridgehead atoms. The van der Waals surface area contributed by atoms with E-state index in [2.05, 4.69) is 12.1 Å². The predicted molar refractivity (Wildman–Crippen MR) is 139 cm³/mol. The number of non-ortho nitro benzene ring substituents is 1. The van der Waals surface area contributed by atoms with Gasteiger partial charge in [-0.1, -0.05) is 48.5 Å². The third-order valence-corrected chi connectivity index (χ3v) is 8.30. The van der Waals surface area contributed by atoms with Crippen LogP contribution in [0.4, 0.5) is 11.4 Å². The van der Waals surface area contributed by atoms with Gasteiger partial charge in [0.1, 0.15) is 0 Å². The highest BCUT2D eigenvalue weighted by atomic mass is 16.6. The lowest BCUT2D eigenvalue weighted by molar-refractivity contribution is -0.384. The van der Waals surface area contributed by atoms with Gasteiger partial charge in [0.25, 0.3) is 5.69 Å². The molecule has 39 heavy (non-hydrogen) atoms. The number of fused-ring (bicyclic) bond motifs is 5. The standard InChI is InChI=1S/C30H24N2O7/c33-25(18-8-4-11-22(12-18)32(37)38)16-39-30(36)19-9-5-10-21(13-19)31-28(34)26-20-14-23(17-6-2-1-3-7-17)24(15-20)27(26)29(31)35/h1-13,20,23-24,26-27H,14-16H2/t20-,23+,24-,26+,27+/m0/s1. The van der Waals surface area contributed by atoms with E-state index in [4.69, 9.17) is 4.74 Å². The molecule has 9 nitrogen and oxygen atoms in total. The number of hydrogen-bond acceptors (Lipinski definition) is 7. The van der Waals surface area contributed by atoms with Gasteiger partial charge in [-0.05, 0) is 54.4 Å². The fourth-order valence-electron chi connectivity index (χ4n) is 6.66. The largest absolute Gasteiger partial charge is 0.454 e. The Labute approximate surface area is 223 Å². The Morgan fingerprint density at radius 1 is 0.872 bits per heavy atom. The fraction of sp³-hybridized carbons (Fsp3) is 0.267. The predicted octanol–water partition coefficient (Wildman–Crippen LogP) is 4.56. The second-order valence-corrected chi connectivity index (χ2v) is 10.3. The van der Waals surface area contributed by atoms with Crippen LogP contribution in [0.15, 0.2) is 78.9 Å². The van der Waals surface area contributed by atoms with E-state index in [9.17, 15) is 29.3 Å². The highest BCUT2D eigenvalue weighted by Gasteiger charge is 2.64. The van der Waals surface area contributed by atoms with E-state index in [-0.39, 0.29) is 58.2 Å². The van der Waals surface area contributed by atoms with Crippen LogP contribution >= 0.6 is 0 Å². The maximum absolute atomic E-state index is 13.6. The Morgan fingerprint density at radius 2 is 1.59 bits per heavy atom. The first-order chi connectivity index (χ1) is 18.8. The van der Waals surface area contributed by atoms with Gasteiger partial charge in [0.05, 0.1) is 28.0 Å². The highest BCUT2D eigenvalue weighted by Crippen LogP contribution is 2.61. The Balaban J connectivity index is 1.16. The summed E-state index contributed by atoms with van der Waals surface area (Å²) in [5.74, 6) is -2.06. The number of ketones is 1. The van der Waals surface area contributed by atoms with E-state index >= 15 is 0 Å². The Hall–Kier alpha value is -4.66. The average Bonchev–Trinajstić information content (AvgIpc) is 3.63. The number of hydrogen-bond donors (Lipinski definition) is 0. The first-order valence-electron chi connectivity index (χ1n) is 12.8. The van der Waals surface area contributed by atoms with Crippen LogP contribution in [0.1, 0.15) is 45.0 Å². The number of nitro benzene ring substituents is 1. The van der Waals surface area contributed by atoms with Gasteiger partial charge in [0.15, 0.2) is 6.61 Å². The number of anilines is 1. The van der Waals surface area contributed by atoms with Crippen molar-refractivity contribution < 1.29 is 28.8 Å². The van der Waals surface area contributed by atoms with Crippen LogP contribution in [0.25, 0.3) is 0 Å². The van der Waals surface area contributed by atoms with E-state index in [1.54, 1.807) is 12.1 Å². The van der Waals surface area contributed by atoms with Gasteiger partial charge in [-0.2, -0.15) is 0 Å². The van der Waals surface area contributed by atoms with Crippen molar-refractivity contribution in [1.29, 1.82) is 0 Å². The van der Waals surface area contributed by atoms with Crippen LogP contribution in [0.2, 0.25) is 0 Å². The summed E-state index contributed by atoms with van der Waals surface area (Å²) in [6.45, 7) is -0.611. The van der Waals surface area contributed by atoms with Gasteiger partial charge in [-0.25, -0.2) is 4.79 Å². The number of Topliss-reactive ketones (excluding diaryl/α,β-unsaturated/α-hetero) is 1. The Morgan fingerprint density at radius 3 is 2.36 bits per heavy atom. The van der Waals surface area contributed by atoms with Crippen LogP contribution in [-0.4, -0.2) is 35.1 Å². The molecule has 3 aliphatic rings. The number of nitro groups is 1. The van der Waals surface area contributed by atoms with Crippen molar-refractivity contribution in [1.82, 2.24) is 0 Å². The molecule has 0 aromatic heterocycles. The van der Waals surface area contributed by atoms with E-state index in [0.717, 1.165) is 18.9 Å². The summed E-state index contributed by atoms with van der Waals surface area (Å²) in [6.07, 6.45) is 1.75. The smallest absolute Gasteiger partial charge is 0.338 e. The summed E-state index contributed by atoms with van der Waals surface area (Å²) in [5, 5.41) is 11.0. The van der Waals surface area contributed by atoms with Crippen molar-refractivity contribution in [2.24, 2.45) is 23.7 Å². The number of carbonyl (C=O) groups excluding carboxylic acids is 4. The molecule has 0 unspecified atom stereocenters. The number of esters is 1. The number of ether oxygens (including phenoxy) is 1. The van der Waals surface area contributed by atoms with Gasteiger partial charge in [0, 0.05) is 17.7 Å². The van der Waals surface area contributed by atoms with Crippen molar-refractivity contribution in [3.63, 3.8) is 0 Å². The molecule has 0 spiro atoms. The molecule has 5 atom stereocenters. The third-order valence-electron chi connectivity index (χ3n) is 8.30. The second kappa shape index (κ2) is 9.58. The van der Waals surface area contributed by atoms with E-state index in [1.165, 1.54) is 40.8 Å². The molecule has 2 aliphatic carbocycles. The van der Waals surface area contributed by atoms with Gasteiger partial charge in [-0.3, -0.25) is 29.4 Å². The molecule has 2 amide bonds. The summed E-state index contributed by atoms with van der Waals surface area (Å²) in [7, 11) is 0. The molecule has 9 heteroatoms. The molecule has 196 valence electrons. The monoisotopic (exact) mass is 524 g/mol. The number of imide groups is 1. The number of carbonyl (C=O) groups is 4. The van der Waals surface area contributed by atoms with Gasteiger partial charge in [0.2, 0.25) is 17.6 Å². The lowest BCUT2D eigenvalue weighted by atomic mass is 9.73. The van der Waals surface area contributed by atoms with Crippen LogP contribution in [0, 0.1) is 33.8 Å². The van der Waals surface area contributed by atoms with Crippen molar-refractivity contribution >= 4 is 34.9 Å². The first kappa shape index (κ1) is 24.7. The van der Waals surface area contributed by atoms with Crippen molar-refractivity contribution in [2.45, 2.75) is 18.8 Å². The highest BCUT2D eigenvalue weighted by molar-refractivity contribution is 6.23. The molecule has 3 fully saturated rings. The van der Waals surface area contributed by atoms with Crippen molar-refractivity contribution in [3.05, 3.63) is 106 Å². The molecular weight excluding hydrogens is 500 g/mol. The molecule has 3 aromatic carbocycles. The van der Waals surface area contributed by atoms with Gasteiger partial charge in [-0.15, -0.1) is 0 Å². The second-order valence-electron chi connectivity index (χ2n) is 10.3. The van der Waals surface area contributed by atoms with Gasteiger partial charge >= 0.3 is 5.97 Å². The fourth-order valence-corrected chi connectivity index (χ4v) is 6.66. The zero-order chi connectivity index (χ0) is 27.3. The molecule has 1 saturated heterocycles. The summed E-state index contributed by atoms with van der Waals surface area (Å²) in [5.41, 5.74) is 1.39. The lowest BCUT2D eigenvalue weighted by Gasteiger charge is -2.28. The molecule has 3 aromatic rings. The lowest BCUT2D eigenvalue weighted by Crippen LogP contribution is -2.33. The van der Waals surface area contributed by atoms with Crippen molar-refractivity contribution in [2.75, 3.05) is 11.5 Å². The minimum absolute atomic E-state index is 0.0500. The molecule has 6 rings (SSSR count). The number of amides is 2. The Kier molecular flexibility index (Phi) is 6.06. The zero-order valence-corrected chi connectivity index (χ0v) is 20.8. The minimum Gasteiger partial charge on any atom is -0.454 e. The molecule has 2 saturated carbocycles. The van der Waals surface area contributed by atoms with Crippen LogP contribution in [-0.2, 0) is 14.3 Å². The van der Waals surface area contributed by atoms with Gasteiger partial charge < -0.3 is 4.74 Å². The first-order valence-corrected chi connectivity index (χ1v) is 12.8. The number of nitrogens with zero attached hydrogens (tertiary/aromatic N) is 2. The van der Waals surface area contributed by atoms with E-state index in [1.807, 2.05) is 18.2 Å². The summed E-state index contributed by atoms with van der Waals surface area (Å²) in [6, 6.07) is 21.4. The average molecular weight is 525 g/mol. The summed E-state index contributed by atoms with van der Waals surface area (Å²) < 4.78 is 5.15. The molecule has 0 N–H and O–H groups in total. The summed E-state index contributed by atoms with van der Waals surface area (Å²) in [4.78, 5) is 63.7. The van der Waals surface area contributed by atoms with E-state index < -0.39 is 23.3 Å². The maximum atomic E-state index is 13.6. The minimum atomic E-state index is -0.806. The molecule has 0 radical (unpaired) electrons. The summed E-state index contributed by atoms with van der Waals surface area (Å²) >= 11 is 0. The third kappa shape index (κ3) is 4.20. The van der Waals surface area contributed by atoms with Crippen LogP contribution in [0.3, 0.4) is 0 Å². The van der Waals surface area contributed by atoms with Crippen molar-refractivity contribution in [3.8, 4) is 0 Å². The Bertz CT molecular complexity index is 1520. The number of benzene rings is 3. The van der Waals surface area contributed by atoms with Crippen LogP contribution in [0.5, 0.6) is 0 Å². The van der Waals surface area contributed by atoms with E-state index in [0.29, 0.717) is 5.69 Å². The topological polar surface area (TPSA) is 124 Å².